The minimum Gasteiger partial charge on any atom is -0.479 e. The van der Waals surface area contributed by atoms with Crippen LogP contribution in [0.4, 0.5) is 4.79 Å². The van der Waals surface area contributed by atoms with Crippen molar-refractivity contribution in [3.8, 4) is 0 Å². The van der Waals surface area contributed by atoms with E-state index in [2.05, 4.69) is 10.2 Å². The Morgan fingerprint density at radius 3 is 2.79 bits per heavy atom. The first-order valence-electron chi connectivity index (χ1n) is 6.63. The molecule has 2 unspecified atom stereocenters. The fraction of sp³-hybridized carbons (Fsp3) is 0.833. The topological polar surface area (TPSA) is 93.1 Å². The summed E-state index contributed by atoms with van der Waals surface area (Å²) in [6.45, 7) is 4.19. The Labute approximate surface area is 112 Å². The van der Waals surface area contributed by atoms with E-state index in [1.807, 2.05) is 0 Å². The van der Waals surface area contributed by atoms with Crippen molar-refractivity contribution < 1.29 is 19.8 Å². The summed E-state index contributed by atoms with van der Waals surface area (Å²) >= 11 is 0. The molecule has 7 nitrogen and oxygen atoms in total. The molecule has 7 heteroatoms. The lowest BCUT2D eigenvalue weighted by Crippen LogP contribution is -2.56. The minimum atomic E-state index is -1.93. The van der Waals surface area contributed by atoms with E-state index in [1.54, 1.807) is 4.90 Å². The number of piperazine rings is 1. The number of carbonyl (C=O) groups excluding carboxylic acids is 1. The fourth-order valence-electron chi connectivity index (χ4n) is 2.61. The summed E-state index contributed by atoms with van der Waals surface area (Å²) in [5.41, 5.74) is -1.93. The number of hydrogen-bond acceptors (Lipinski definition) is 4. The third kappa shape index (κ3) is 3.16. The van der Waals surface area contributed by atoms with Gasteiger partial charge in [-0.1, -0.05) is 0 Å². The summed E-state index contributed by atoms with van der Waals surface area (Å²) in [5, 5.41) is 20.8. The first-order chi connectivity index (χ1) is 8.90. The van der Waals surface area contributed by atoms with Gasteiger partial charge in [-0.15, -0.1) is 0 Å². The molecule has 0 bridgehead atoms. The monoisotopic (exact) mass is 271 g/mol. The van der Waals surface area contributed by atoms with Crippen LogP contribution >= 0.6 is 0 Å². The summed E-state index contributed by atoms with van der Waals surface area (Å²) in [4.78, 5) is 26.8. The van der Waals surface area contributed by atoms with Gasteiger partial charge in [0.25, 0.3) is 0 Å². The minimum absolute atomic E-state index is 0.286. The molecule has 2 fully saturated rings. The lowest BCUT2D eigenvalue weighted by atomic mass is 10.1. The molecule has 108 valence electrons. The zero-order valence-electron chi connectivity index (χ0n) is 11.1. The van der Waals surface area contributed by atoms with E-state index in [0.29, 0.717) is 19.1 Å². The van der Waals surface area contributed by atoms with E-state index >= 15 is 0 Å². The van der Waals surface area contributed by atoms with Crippen LogP contribution in [-0.4, -0.2) is 76.4 Å². The van der Waals surface area contributed by atoms with Gasteiger partial charge in [-0.05, 0) is 26.3 Å². The molecule has 2 saturated heterocycles. The molecule has 19 heavy (non-hydrogen) atoms. The standard InChI is InChI=1S/C12H21N3O4/c1-12(19,10(16)17)8-13-11(18)15-6-5-14-4-2-3-9(14)7-15/h9,19H,2-8H2,1H3,(H,13,18)(H,16,17). The summed E-state index contributed by atoms with van der Waals surface area (Å²) in [7, 11) is 0. The quantitative estimate of drug-likeness (QED) is 0.632. The first-order valence-corrected chi connectivity index (χ1v) is 6.63. The van der Waals surface area contributed by atoms with E-state index < -0.39 is 11.6 Å². The van der Waals surface area contributed by atoms with Crippen LogP contribution in [-0.2, 0) is 4.79 Å². The Balaban J connectivity index is 1.82. The van der Waals surface area contributed by atoms with Gasteiger partial charge in [-0.25, -0.2) is 9.59 Å². The molecule has 2 heterocycles. The van der Waals surface area contributed by atoms with E-state index in [1.165, 1.54) is 13.3 Å². The Bertz CT molecular complexity index is 372. The summed E-state index contributed by atoms with van der Waals surface area (Å²) in [6, 6.07) is 0.132. The van der Waals surface area contributed by atoms with Crippen LogP contribution in [0.15, 0.2) is 0 Å². The van der Waals surface area contributed by atoms with E-state index in [-0.39, 0.29) is 12.6 Å². The molecular weight excluding hydrogens is 250 g/mol. The molecule has 0 spiro atoms. The molecule has 0 saturated carbocycles. The van der Waals surface area contributed by atoms with E-state index in [0.717, 1.165) is 19.5 Å². The van der Waals surface area contributed by atoms with Crippen molar-refractivity contribution in [2.45, 2.75) is 31.4 Å². The molecule has 3 N–H and O–H groups in total. The molecule has 0 radical (unpaired) electrons. The van der Waals surface area contributed by atoms with Gasteiger partial charge in [0.15, 0.2) is 5.60 Å². The van der Waals surface area contributed by atoms with Gasteiger partial charge in [-0.2, -0.15) is 0 Å². The van der Waals surface area contributed by atoms with Crippen LogP contribution in [0, 0.1) is 0 Å². The molecule has 2 rings (SSSR count). The summed E-state index contributed by atoms with van der Waals surface area (Å²) in [6.07, 6.45) is 2.28. The zero-order chi connectivity index (χ0) is 14.0. The molecular formula is C12H21N3O4. The number of aliphatic hydroxyl groups is 1. The lowest BCUT2D eigenvalue weighted by Gasteiger charge is -2.37. The predicted octanol–water partition coefficient (Wildman–Crippen LogP) is -0.688. The van der Waals surface area contributed by atoms with Crippen LogP contribution in [0.2, 0.25) is 0 Å². The van der Waals surface area contributed by atoms with Gasteiger partial charge in [0.2, 0.25) is 0 Å². The van der Waals surface area contributed by atoms with Crippen LogP contribution in [0.5, 0.6) is 0 Å². The highest BCUT2D eigenvalue weighted by molar-refractivity contribution is 5.79. The number of fused-ring (bicyclic) bond motifs is 1. The predicted molar refractivity (Wildman–Crippen MR) is 67.8 cm³/mol. The lowest BCUT2D eigenvalue weighted by molar-refractivity contribution is -0.155. The maximum atomic E-state index is 11.9. The first kappa shape index (κ1) is 14.1. The number of nitrogens with zero attached hydrogens (tertiary/aromatic N) is 2. The van der Waals surface area contributed by atoms with Crippen LogP contribution in [0.1, 0.15) is 19.8 Å². The van der Waals surface area contributed by atoms with Gasteiger partial charge >= 0.3 is 12.0 Å². The van der Waals surface area contributed by atoms with Gasteiger partial charge in [0, 0.05) is 25.7 Å². The highest BCUT2D eigenvalue weighted by Crippen LogP contribution is 2.21. The molecule has 0 aliphatic carbocycles. The number of rotatable bonds is 3. The van der Waals surface area contributed by atoms with Crippen LogP contribution in [0.25, 0.3) is 0 Å². The van der Waals surface area contributed by atoms with Crippen molar-refractivity contribution in [1.82, 2.24) is 15.1 Å². The molecule has 2 atom stereocenters. The number of carboxylic acid groups (broad SMARTS) is 1. The Morgan fingerprint density at radius 2 is 2.11 bits per heavy atom. The van der Waals surface area contributed by atoms with Crippen molar-refractivity contribution in [3.63, 3.8) is 0 Å². The Hall–Kier alpha value is -1.34. The van der Waals surface area contributed by atoms with Crippen molar-refractivity contribution >= 4 is 12.0 Å². The van der Waals surface area contributed by atoms with E-state index in [4.69, 9.17) is 5.11 Å². The SMILES string of the molecule is CC(O)(CNC(=O)N1CCN2CCCC2C1)C(=O)O. The van der Waals surface area contributed by atoms with Crippen molar-refractivity contribution in [2.75, 3.05) is 32.7 Å². The number of aliphatic carboxylic acids is 1. The summed E-state index contributed by atoms with van der Waals surface area (Å²) in [5.74, 6) is -1.34. The average molecular weight is 271 g/mol. The number of urea groups is 1. The Morgan fingerprint density at radius 1 is 1.37 bits per heavy atom. The maximum Gasteiger partial charge on any atom is 0.337 e. The number of amides is 2. The molecule has 2 aliphatic heterocycles. The smallest absolute Gasteiger partial charge is 0.337 e. The van der Waals surface area contributed by atoms with Gasteiger partial charge < -0.3 is 20.4 Å². The highest BCUT2D eigenvalue weighted by Gasteiger charge is 2.34. The third-order valence-electron chi connectivity index (χ3n) is 3.92. The number of carboxylic acids is 1. The van der Waals surface area contributed by atoms with Crippen LogP contribution in [0.3, 0.4) is 0 Å². The van der Waals surface area contributed by atoms with Gasteiger partial charge in [-0.3, -0.25) is 4.90 Å². The van der Waals surface area contributed by atoms with Gasteiger partial charge in [0.1, 0.15) is 0 Å². The second-order valence-electron chi connectivity index (χ2n) is 5.52. The normalized spacial score (nSPS) is 26.6. The maximum absolute atomic E-state index is 11.9. The van der Waals surface area contributed by atoms with Gasteiger partial charge in [0.05, 0.1) is 6.54 Å². The average Bonchev–Trinajstić information content (AvgIpc) is 2.82. The molecule has 0 aromatic carbocycles. The fourth-order valence-corrected chi connectivity index (χ4v) is 2.61. The second kappa shape index (κ2) is 5.34. The largest absolute Gasteiger partial charge is 0.479 e. The van der Waals surface area contributed by atoms with Crippen molar-refractivity contribution in [2.24, 2.45) is 0 Å². The van der Waals surface area contributed by atoms with E-state index in [9.17, 15) is 14.7 Å². The number of hydrogen-bond donors (Lipinski definition) is 3. The molecule has 2 aliphatic rings. The zero-order valence-corrected chi connectivity index (χ0v) is 11.1. The number of carbonyl (C=O) groups is 2. The van der Waals surface area contributed by atoms with Crippen molar-refractivity contribution in [1.29, 1.82) is 0 Å². The van der Waals surface area contributed by atoms with Crippen LogP contribution < -0.4 is 5.32 Å². The highest BCUT2D eigenvalue weighted by atomic mass is 16.4. The third-order valence-corrected chi connectivity index (χ3v) is 3.92. The molecule has 2 amide bonds. The number of nitrogens with one attached hydrogen (secondary N) is 1. The second-order valence-corrected chi connectivity index (χ2v) is 5.52. The van der Waals surface area contributed by atoms with Crippen molar-refractivity contribution in [3.05, 3.63) is 0 Å². The summed E-state index contributed by atoms with van der Waals surface area (Å²) < 4.78 is 0. The Kier molecular flexibility index (Phi) is 3.96. The molecule has 0 aromatic rings. The molecule has 0 aromatic heterocycles.